The Kier molecular flexibility index (Phi) is 7.26. The van der Waals surface area contributed by atoms with Crippen molar-refractivity contribution in [1.29, 1.82) is 0 Å². The van der Waals surface area contributed by atoms with Crippen LogP contribution in [0.2, 0.25) is 10.0 Å². The summed E-state index contributed by atoms with van der Waals surface area (Å²) in [6, 6.07) is 4.24. The number of hydrogen-bond donors (Lipinski definition) is 2. The number of nitrogens with zero attached hydrogens (tertiary/aromatic N) is 4. The highest BCUT2D eigenvalue weighted by molar-refractivity contribution is 6.36. The van der Waals surface area contributed by atoms with Crippen LogP contribution in [-0.4, -0.2) is 45.7 Å². The minimum atomic E-state index is -0.569. The Balaban J connectivity index is 1.39. The molecular formula is C21H21Cl2FN6O3. The van der Waals surface area contributed by atoms with Gasteiger partial charge in [-0.05, 0) is 30.5 Å². The van der Waals surface area contributed by atoms with E-state index in [1.54, 1.807) is 12.4 Å². The number of carbonyl (C=O) groups excluding carboxylic acids is 1. The zero-order valence-electron chi connectivity index (χ0n) is 17.4. The topological polar surface area (TPSA) is 117 Å². The van der Waals surface area contributed by atoms with Gasteiger partial charge in [0, 0.05) is 36.9 Å². The van der Waals surface area contributed by atoms with Crippen LogP contribution < -0.4 is 15.8 Å². The summed E-state index contributed by atoms with van der Waals surface area (Å²) in [5.74, 6) is -0.887. The van der Waals surface area contributed by atoms with E-state index in [1.165, 1.54) is 18.2 Å². The first-order valence-electron chi connectivity index (χ1n) is 10.2. The molecule has 0 unspecified atom stereocenters. The van der Waals surface area contributed by atoms with Crippen LogP contribution in [0.25, 0.3) is 0 Å². The van der Waals surface area contributed by atoms with E-state index >= 15 is 0 Å². The Morgan fingerprint density at radius 3 is 2.88 bits per heavy atom. The summed E-state index contributed by atoms with van der Waals surface area (Å²) < 4.78 is 26.5. The van der Waals surface area contributed by atoms with Gasteiger partial charge in [0.05, 0.1) is 29.6 Å². The zero-order valence-corrected chi connectivity index (χ0v) is 18.9. The summed E-state index contributed by atoms with van der Waals surface area (Å²) in [6.07, 6.45) is 5.30. The molecule has 1 aliphatic heterocycles. The SMILES string of the molecule is Nc1nnc(C(=O)Nc2cnn(C3CCOCC3)c2)cc1OCCc1c(Cl)ccc(F)c1Cl. The van der Waals surface area contributed by atoms with Crippen molar-refractivity contribution in [3.05, 3.63) is 57.7 Å². The van der Waals surface area contributed by atoms with Gasteiger partial charge in [0.2, 0.25) is 0 Å². The first kappa shape index (κ1) is 23.2. The van der Waals surface area contributed by atoms with Crippen molar-refractivity contribution in [2.24, 2.45) is 0 Å². The molecule has 174 valence electrons. The van der Waals surface area contributed by atoms with Crippen molar-refractivity contribution in [1.82, 2.24) is 20.0 Å². The minimum Gasteiger partial charge on any atom is -0.489 e. The van der Waals surface area contributed by atoms with Crippen molar-refractivity contribution >= 4 is 40.6 Å². The molecule has 3 heterocycles. The van der Waals surface area contributed by atoms with Crippen LogP contribution in [0.3, 0.4) is 0 Å². The summed E-state index contributed by atoms with van der Waals surface area (Å²) >= 11 is 12.1. The van der Waals surface area contributed by atoms with Gasteiger partial charge in [-0.1, -0.05) is 23.2 Å². The number of anilines is 2. The third kappa shape index (κ3) is 5.52. The van der Waals surface area contributed by atoms with Crippen molar-refractivity contribution in [3.8, 4) is 5.75 Å². The van der Waals surface area contributed by atoms with Crippen LogP contribution in [-0.2, 0) is 11.2 Å². The normalized spacial score (nSPS) is 14.3. The second-order valence-corrected chi connectivity index (χ2v) is 8.19. The number of nitrogens with two attached hydrogens (primary N) is 1. The van der Waals surface area contributed by atoms with Crippen molar-refractivity contribution in [3.63, 3.8) is 0 Å². The maximum absolute atomic E-state index is 13.7. The monoisotopic (exact) mass is 494 g/mol. The van der Waals surface area contributed by atoms with E-state index in [4.69, 9.17) is 38.4 Å². The highest BCUT2D eigenvalue weighted by Gasteiger charge is 2.18. The maximum atomic E-state index is 13.7. The fourth-order valence-electron chi connectivity index (χ4n) is 3.42. The highest BCUT2D eigenvalue weighted by Crippen LogP contribution is 2.28. The van der Waals surface area contributed by atoms with E-state index in [1.807, 2.05) is 4.68 Å². The minimum absolute atomic E-state index is 0.00956. The van der Waals surface area contributed by atoms with Crippen molar-refractivity contribution in [2.75, 3.05) is 30.9 Å². The van der Waals surface area contributed by atoms with Gasteiger partial charge >= 0.3 is 0 Å². The number of hydrogen-bond acceptors (Lipinski definition) is 7. The standard InChI is InChI=1S/C21H21Cl2FN6O3/c22-15-1-2-16(24)19(23)14(15)5-8-33-18-9-17(28-29-20(18)25)21(31)27-12-10-26-30(11-12)13-3-6-32-7-4-13/h1-2,9-11,13H,3-8H2,(H2,25,29)(H,27,31). The third-order valence-electron chi connectivity index (χ3n) is 5.19. The maximum Gasteiger partial charge on any atom is 0.276 e. The van der Waals surface area contributed by atoms with Gasteiger partial charge in [0.1, 0.15) is 5.82 Å². The van der Waals surface area contributed by atoms with E-state index in [9.17, 15) is 9.18 Å². The van der Waals surface area contributed by atoms with E-state index in [-0.39, 0.29) is 41.4 Å². The number of halogens is 3. The van der Waals surface area contributed by atoms with E-state index in [0.717, 1.165) is 12.8 Å². The molecule has 0 saturated carbocycles. The number of benzene rings is 1. The van der Waals surface area contributed by atoms with Crippen molar-refractivity contribution < 1.29 is 18.7 Å². The molecule has 1 aromatic carbocycles. The lowest BCUT2D eigenvalue weighted by molar-refractivity contribution is 0.0662. The summed E-state index contributed by atoms with van der Waals surface area (Å²) in [5, 5.41) is 15.0. The average Bonchev–Trinajstić information content (AvgIpc) is 3.29. The molecule has 0 radical (unpaired) electrons. The predicted molar refractivity (Wildman–Crippen MR) is 121 cm³/mol. The van der Waals surface area contributed by atoms with Crippen LogP contribution in [0, 0.1) is 5.82 Å². The van der Waals surface area contributed by atoms with Gasteiger partial charge in [-0.25, -0.2) is 4.39 Å². The third-order valence-corrected chi connectivity index (χ3v) is 5.95. The lowest BCUT2D eigenvalue weighted by Crippen LogP contribution is -2.20. The van der Waals surface area contributed by atoms with Crippen LogP contribution in [0.5, 0.6) is 5.75 Å². The Morgan fingerprint density at radius 2 is 2.09 bits per heavy atom. The molecule has 1 fully saturated rings. The van der Waals surface area contributed by atoms with Crippen molar-refractivity contribution in [2.45, 2.75) is 25.3 Å². The number of rotatable bonds is 7. The zero-order chi connectivity index (χ0) is 23.4. The molecule has 0 atom stereocenters. The van der Waals surface area contributed by atoms with Gasteiger partial charge in [-0.15, -0.1) is 10.2 Å². The molecule has 2 aromatic heterocycles. The average molecular weight is 495 g/mol. The van der Waals surface area contributed by atoms with Gasteiger partial charge in [-0.3, -0.25) is 9.48 Å². The number of amides is 1. The first-order chi connectivity index (χ1) is 15.9. The molecule has 0 bridgehead atoms. The second-order valence-electron chi connectivity index (χ2n) is 7.41. The van der Waals surface area contributed by atoms with Crippen LogP contribution >= 0.6 is 23.2 Å². The number of nitrogens with one attached hydrogen (secondary N) is 1. The van der Waals surface area contributed by atoms with Gasteiger partial charge in [-0.2, -0.15) is 5.10 Å². The van der Waals surface area contributed by atoms with Crippen LogP contribution in [0.4, 0.5) is 15.9 Å². The van der Waals surface area contributed by atoms with Gasteiger partial charge < -0.3 is 20.5 Å². The van der Waals surface area contributed by atoms with Gasteiger partial charge in [0.15, 0.2) is 17.3 Å². The molecule has 1 aliphatic rings. The van der Waals surface area contributed by atoms with E-state index in [0.29, 0.717) is 29.5 Å². The molecular weight excluding hydrogens is 474 g/mol. The fraction of sp³-hybridized carbons (Fsp3) is 0.333. The summed E-state index contributed by atoms with van der Waals surface area (Å²) in [4.78, 5) is 12.6. The molecule has 4 rings (SSSR count). The Bertz CT molecular complexity index is 1150. The molecule has 0 aliphatic carbocycles. The first-order valence-corrected chi connectivity index (χ1v) is 11.0. The number of aromatic nitrogens is 4. The number of nitrogen functional groups attached to an aromatic ring is 1. The molecule has 1 amide bonds. The summed E-state index contributed by atoms with van der Waals surface area (Å²) in [6.45, 7) is 1.46. The number of carbonyl (C=O) groups is 1. The van der Waals surface area contributed by atoms with Crippen LogP contribution in [0.15, 0.2) is 30.6 Å². The Hall–Kier alpha value is -2.95. The molecule has 3 aromatic rings. The largest absolute Gasteiger partial charge is 0.489 e. The predicted octanol–water partition coefficient (Wildman–Crippen LogP) is 3.93. The fourth-order valence-corrected chi connectivity index (χ4v) is 3.98. The Morgan fingerprint density at radius 1 is 1.30 bits per heavy atom. The summed E-state index contributed by atoms with van der Waals surface area (Å²) in [7, 11) is 0. The van der Waals surface area contributed by atoms with E-state index < -0.39 is 11.7 Å². The quantitative estimate of drug-likeness (QED) is 0.477. The Labute approximate surface area is 199 Å². The molecule has 0 spiro atoms. The molecule has 12 heteroatoms. The second kappa shape index (κ2) is 10.3. The highest BCUT2D eigenvalue weighted by atomic mass is 35.5. The van der Waals surface area contributed by atoms with E-state index in [2.05, 4.69) is 20.6 Å². The molecule has 3 N–H and O–H groups in total. The lowest BCUT2D eigenvalue weighted by atomic mass is 10.1. The smallest absolute Gasteiger partial charge is 0.276 e. The molecule has 9 nitrogen and oxygen atoms in total. The summed E-state index contributed by atoms with van der Waals surface area (Å²) in [5.41, 5.74) is 6.78. The molecule has 33 heavy (non-hydrogen) atoms. The van der Waals surface area contributed by atoms with Gasteiger partial charge in [0.25, 0.3) is 5.91 Å². The lowest BCUT2D eigenvalue weighted by Gasteiger charge is -2.22. The number of ether oxygens (including phenoxy) is 2. The van der Waals surface area contributed by atoms with Crippen LogP contribution in [0.1, 0.15) is 34.9 Å². The molecule has 1 saturated heterocycles.